The lowest BCUT2D eigenvalue weighted by Gasteiger charge is -2.51. The van der Waals surface area contributed by atoms with E-state index in [0.29, 0.717) is 12.2 Å². The van der Waals surface area contributed by atoms with Gasteiger partial charge < -0.3 is 9.64 Å². The van der Waals surface area contributed by atoms with Crippen LogP contribution < -0.4 is 4.74 Å². The normalized spacial score (nSPS) is 27.7. The van der Waals surface area contributed by atoms with Crippen LogP contribution in [0.2, 0.25) is 0 Å². The van der Waals surface area contributed by atoms with Crippen LogP contribution in [0, 0.1) is 0 Å². The van der Waals surface area contributed by atoms with Gasteiger partial charge in [0.1, 0.15) is 5.75 Å². The van der Waals surface area contributed by atoms with Gasteiger partial charge >= 0.3 is 0 Å². The van der Waals surface area contributed by atoms with Crippen molar-refractivity contribution in [1.29, 1.82) is 0 Å². The highest BCUT2D eigenvalue weighted by atomic mass is 79.9. The Morgan fingerprint density at radius 1 is 1.19 bits per heavy atom. The fraction of sp³-hybridized carbons (Fsp3) is 0.316. The van der Waals surface area contributed by atoms with Gasteiger partial charge in [-0.15, -0.1) is 0 Å². The number of hydrogen-bond acceptors (Lipinski definition) is 4. The quantitative estimate of drug-likeness (QED) is 0.725. The smallest absolute Gasteiger partial charge is 0.244 e. The summed E-state index contributed by atoms with van der Waals surface area (Å²) in [5.74, 6) is -0.270. The van der Waals surface area contributed by atoms with Crippen molar-refractivity contribution in [3.8, 4) is 5.75 Å². The number of piperidine rings is 1. The summed E-state index contributed by atoms with van der Waals surface area (Å²) in [4.78, 5) is 14.7. The van der Waals surface area contributed by atoms with E-state index in [-0.39, 0.29) is 4.90 Å². The molecule has 2 aliphatic rings. The van der Waals surface area contributed by atoms with Crippen LogP contribution in [0.4, 0.5) is 0 Å². The Bertz CT molecular complexity index is 992. The first-order valence-electron chi connectivity index (χ1n) is 8.29. The minimum Gasteiger partial charge on any atom is -0.468 e. The number of rotatable bonds is 2. The van der Waals surface area contributed by atoms with Gasteiger partial charge in [-0.3, -0.25) is 4.79 Å². The zero-order valence-corrected chi connectivity index (χ0v) is 16.7. The number of sulfone groups is 1. The summed E-state index contributed by atoms with van der Waals surface area (Å²) in [5, 5.41) is -1.17. The maximum Gasteiger partial charge on any atom is 0.244 e. The van der Waals surface area contributed by atoms with E-state index in [0.717, 1.165) is 10.0 Å². The summed E-state index contributed by atoms with van der Waals surface area (Å²) in [6.07, 6.45) is 0.426. The first-order chi connectivity index (χ1) is 12.2. The maximum absolute atomic E-state index is 13.3. The van der Waals surface area contributed by atoms with Gasteiger partial charge in [-0.1, -0.05) is 34.1 Å². The van der Waals surface area contributed by atoms with E-state index in [1.807, 2.05) is 25.1 Å². The molecule has 0 N–H and O–H groups in total. The van der Waals surface area contributed by atoms with Crippen LogP contribution in [0.5, 0.6) is 5.75 Å². The van der Waals surface area contributed by atoms with Gasteiger partial charge in [0.25, 0.3) is 0 Å². The van der Waals surface area contributed by atoms with Crippen LogP contribution in [0.25, 0.3) is 0 Å². The average molecular weight is 436 g/mol. The maximum atomic E-state index is 13.3. The molecule has 4 rings (SSSR count). The molecule has 1 amide bonds. The molecular formula is C19H18BrNO4S. The molecule has 0 saturated carbocycles. The van der Waals surface area contributed by atoms with Crippen molar-refractivity contribution in [3.63, 3.8) is 0 Å². The van der Waals surface area contributed by atoms with Crippen molar-refractivity contribution in [2.45, 2.75) is 35.1 Å². The van der Waals surface area contributed by atoms with Crippen LogP contribution in [-0.4, -0.2) is 37.2 Å². The highest BCUT2D eigenvalue weighted by Gasteiger charge is 2.57. The Labute approximate surface area is 161 Å². The van der Waals surface area contributed by atoms with Crippen molar-refractivity contribution in [1.82, 2.24) is 4.90 Å². The van der Waals surface area contributed by atoms with E-state index in [9.17, 15) is 13.2 Å². The lowest BCUT2D eigenvalue weighted by atomic mass is 9.80. The largest absolute Gasteiger partial charge is 0.468 e. The number of carbonyl (C=O) groups is 1. The molecule has 2 bridgehead atoms. The minimum atomic E-state index is -3.84. The average Bonchev–Trinajstić information content (AvgIpc) is 2.61. The van der Waals surface area contributed by atoms with Gasteiger partial charge in [-0.2, -0.15) is 0 Å². The molecule has 3 unspecified atom stereocenters. The van der Waals surface area contributed by atoms with Gasteiger partial charge in [0.2, 0.25) is 5.91 Å². The van der Waals surface area contributed by atoms with Gasteiger partial charge in [0, 0.05) is 29.4 Å². The molecule has 7 heteroatoms. The number of amides is 1. The first-order valence-corrected chi connectivity index (χ1v) is 10.6. The molecule has 3 atom stereocenters. The molecule has 0 aliphatic carbocycles. The number of likely N-dealkylation sites (tertiary alicyclic amines) is 1. The minimum absolute atomic E-state index is 0.165. The monoisotopic (exact) mass is 435 g/mol. The summed E-state index contributed by atoms with van der Waals surface area (Å²) in [6.45, 7) is 1.83. The van der Waals surface area contributed by atoms with E-state index >= 15 is 0 Å². The Balaban J connectivity index is 1.92. The molecule has 136 valence electrons. The molecular weight excluding hydrogens is 418 g/mol. The van der Waals surface area contributed by atoms with Crippen LogP contribution in [-0.2, 0) is 14.6 Å². The summed E-state index contributed by atoms with van der Waals surface area (Å²) in [6, 6.07) is 13.7. The lowest BCUT2D eigenvalue weighted by Crippen LogP contribution is -2.64. The number of hydrogen-bond donors (Lipinski definition) is 0. The molecule has 1 saturated heterocycles. The van der Waals surface area contributed by atoms with Gasteiger partial charge in [0.05, 0.1) is 4.90 Å². The Morgan fingerprint density at radius 3 is 2.58 bits per heavy atom. The number of halogens is 1. The van der Waals surface area contributed by atoms with Crippen LogP contribution in [0.3, 0.4) is 0 Å². The highest BCUT2D eigenvalue weighted by Crippen LogP contribution is 2.50. The fourth-order valence-corrected chi connectivity index (χ4v) is 6.18. The number of nitrogens with zero attached hydrogens (tertiary/aromatic N) is 1. The molecule has 1 fully saturated rings. The number of benzene rings is 2. The summed E-state index contributed by atoms with van der Waals surface area (Å²) >= 11 is 3.44. The van der Waals surface area contributed by atoms with Crippen molar-refractivity contribution in [2.24, 2.45) is 0 Å². The molecule has 2 aromatic carbocycles. The van der Waals surface area contributed by atoms with Gasteiger partial charge in [-0.25, -0.2) is 8.42 Å². The summed E-state index contributed by atoms with van der Waals surface area (Å²) < 4.78 is 33.6. The predicted molar refractivity (Wildman–Crippen MR) is 101 cm³/mol. The molecule has 2 aromatic rings. The molecule has 26 heavy (non-hydrogen) atoms. The molecule has 0 aromatic heterocycles. The molecule has 0 radical (unpaired) electrons. The first kappa shape index (κ1) is 17.5. The summed E-state index contributed by atoms with van der Waals surface area (Å²) in [7, 11) is -2.23. The van der Waals surface area contributed by atoms with Gasteiger partial charge in [-0.05, 0) is 37.3 Å². The zero-order chi connectivity index (χ0) is 18.7. The third-order valence-corrected chi connectivity index (χ3v) is 7.98. The number of fused-ring (bicyclic) bond motifs is 4. The Morgan fingerprint density at radius 2 is 1.88 bits per heavy atom. The number of carbonyl (C=O) groups excluding carboxylic acids is 1. The van der Waals surface area contributed by atoms with E-state index < -0.39 is 32.6 Å². The summed E-state index contributed by atoms with van der Waals surface area (Å²) in [5.41, 5.74) is -0.103. The third-order valence-electron chi connectivity index (χ3n) is 5.35. The van der Waals surface area contributed by atoms with Crippen molar-refractivity contribution in [2.75, 3.05) is 7.05 Å². The van der Waals surface area contributed by atoms with E-state index in [4.69, 9.17) is 4.74 Å². The second kappa shape index (κ2) is 5.82. The highest BCUT2D eigenvalue weighted by molar-refractivity contribution is 9.10. The van der Waals surface area contributed by atoms with E-state index in [1.165, 1.54) is 17.0 Å². The second-order valence-corrected chi connectivity index (χ2v) is 9.93. The molecule has 2 aliphatic heterocycles. The third kappa shape index (κ3) is 2.48. The van der Waals surface area contributed by atoms with E-state index in [2.05, 4.69) is 15.9 Å². The lowest BCUT2D eigenvalue weighted by molar-refractivity contribution is -0.159. The second-order valence-electron chi connectivity index (χ2n) is 6.95. The Kier molecular flexibility index (Phi) is 3.93. The van der Waals surface area contributed by atoms with E-state index in [1.54, 1.807) is 25.2 Å². The van der Waals surface area contributed by atoms with Crippen LogP contribution in [0.1, 0.15) is 24.8 Å². The number of ether oxygens (including phenoxy) is 1. The molecule has 2 heterocycles. The SMILES string of the molecule is CN1C(=O)C(S(=O)(=O)c2ccccc2)C2CC1(C)Oc1ccc(Br)cc12. The Hall–Kier alpha value is -1.86. The van der Waals surface area contributed by atoms with Crippen molar-refractivity contribution in [3.05, 3.63) is 58.6 Å². The van der Waals surface area contributed by atoms with Crippen LogP contribution >= 0.6 is 15.9 Å². The molecule has 0 spiro atoms. The predicted octanol–water partition coefficient (Wildman–Crippen LogP) is 3.35. The van der Waals surface area contributed by atoms with Crippen molar-refractivity contribution < 1.29 is 17.9 Å². The van der Waals surface area contributed by atoms with Crippen molar-refractivity contribution >= 4 is 31.7 Å². The van der Waals surface area contributed by atoms with Crippen LogP contribution in [0.15, 0.2) is 57.9 Å². The fourth-order valence-electron chi connectivity index (χ4n) is 3.88. The standard InChI is InChI=1S/C19H18BrNO4S/c1-19-11-15(14-10-12(20)8-9-16(14)25-19)17(18(22)21(19)2)26(23,24)13-6-4-3-5-7-13/h3-10,15,17H,11H2,1-2H3. The molecule has 5 nitrogen and oxygen atoms in total. The zero-order valence-electron chi connectivity index (χ0n) is 14.3. The topological polar surface area (TPSA) is 63.7 Å². The van der Waals surface area contributed by atoms with Gasteiger partial charge in [0.15, 0.2) is 20.8 Å².